The van der Waals surface area contributed by atoms with Gasteiger partial charge in [-0.25, -0.2) is 12.4 Å². The van der Waals surface area contributed by atoms with Crippen LogP contribution in [0.25, 0.3) is 10.9 Å². The number of nitrogens with one attached hydrogen (secondary N) is 2. The van der Waals surface area contributed by atoms with Crippen molar-refractivity contribution in [1.82, 2.24) is 24.5 Å². The molecule has 1 fully saturated rings. The van der Waals surface area contributed by atoms with Gasteiger partial charge in [0.2, 0.25) is 11.8 Å². The molecule has 238 valence electrons. The number of aromatic nitrogens is 2. The van der Waals surface area contributed by atoms with E-state index in [9.17, 15) is 22.8 Å². The Morgan fingerprint density at radius 1 is 0.915 bits per heavy atom. The van der Waals surface area contributed by atoms with Crippen LogP contribution >= 0.6 is 11.8 Å². The number of benzene rings is 3. The van der Waals surface area contributed by atoms with E-state index < -0.39 is 27.9 Å². The monoisotopic (exact) mass is 667 g/mol. The van der Waals surface area contributed by atoms with Gasteiger partial charge >= 0.3 is 0 Å². The van der Waals surface area contributed by atoms with Crippen molar-refractivity contribution in [2.75, 3.05) is 13.1 Å². The molecule has 0 aliphatic carbocycles. The summed E-state index contributed by atoms with van der Waals surface area (Å²) in [6.45, 7) is -0.00285. The summed E-state index contributed by atoms with van der Waals surface area (Å²) in [5, 5.41) is 6.12. The second-order valence-corrected chi connectivity index (χ2v) is 14.0. The number of pyridine rings is 1. The first-order valence-corrected chi connectivity index (χ1v) is 17.2. The topological polar surface area (TPSA) is 140 Å². The van der Waals surface area contributed by atoms with Crippen molar-refractivity contribution >= 4 is 50.4 Å². The second-order valence-electron chi connectivity index (χ2n) is 11.1. The van der Waals surface area contributed by atoms with Crippen LogP contribution in [0.15, 0.2) is 112 Å². The molecule has 3 amide bonds. The number of likely N-dealkylation sites (tertiary alicyclic amines) is 1. The van der Waals surface area contributed by atoms with Crippen molar-refractivity contribution in [3.63, 3.8) is 0 Å². The average Bonchev–Trinajstić information content (AvgIpc) is 3.74. The number of carbonyl (C=O) groups is 3. The van der Waals surface area contributed by atoms with Gasteiger partial charge in [-0.05, 0) is 67.4 Å². The summed E-state index contributed by atoms with van der Waals surface area (Å²) in [6, 6.07) is 23.4. The predicted molar refractivity (Wildman–Crippen MR) is 175 cm³/mol. The minimum absolute atomic E-state index is 0.0853. The van der Waals surface area contributed by atoms with Crippen molar-refractivity contribution in [3.8, 4) is 11.5 Å². The van der Waals surface area contributed by atoms with Crippen LogP contribution in [0.1, 0.15) is 28.9 Å². The standard InChI is InChI=1S/C34H29N5O6S2/c40-32(21-37-33(41)22-12-13-31-29(18-22)45-28-10-4-5-11-30(28)46-31)38-16-6-9-27(38)34(42)36-20-24-17-23-19-35-15-14-26(23)39(24)47(43,44)25-7-2-1-3-8-25/h1-5,7-8,10-15,17-19,27H,6,9,16,20-21H2,(H,36,42)(H,37,41)/t27-/m0/s1. The van der Waals surface area contributed by atoms with Gasteiger partial charge in [-0.3, -0.25) is 19.4 Å². The molecule has 0 spiro atoms. The zero-order chi connectivity index (χ0) is 32.5. The normalized spacial score (nSPS) is 15.4. The SMILES string of the molecule is O=C(NCC(=O)N1CCC[C@H]1C(=O)NCc1cc2cnccc2n1S(=O)(=O)c1ccccc1)c1ccc2c(c1)Oc1ccccc1S2. The molecular formula is C34H29N5O6S2. The summed E-state index contributed by atoms with van der Waals surface area (Å²) in [5.74, 6) is 0.0549. The lowest BCUT2D eigenvalue weighted by Crippen LogP contribution is -2.49. The van der Waals surface area contributed by atoms with Crippen LogP contribution in [0, 0.1) is 0 Å². The summed E-state index contributed by atoms with van der Waals surface area (Å²) >= 11 is 1.56. The smallest absolute Gasteiger partial charge is 0.268 e. The minimum atomic E-state index is -3.98. The molecule has 1 atom stereocenters. The third kappa shape index (κ3) is 5.95. The lowest BCUT2D eigenvalue weighted by molar-refractivity contribution is -0.137. The fourth-order valence-electron chi connectivity index (χ4n) is 5.85. The first kappa shape index (κ1) is 30.5. The molecule has 13 heteroatoms. The molecule has 4 heterocycles. The van der Waals surface area contributed by atoms with Crippen LogP contribution in [0.4, 0.5) is 0 Å². The highest BCUT2D eigenvalue weighted by molar-refractivity contribution is 7.99. The molecule has 5 aromatic rings. The maximum absolute atomic E-state index is 13.7. The molecule has 47 heavy (non-hydrogen) atoms. The van der Waals surface area contributed by atoms with Crippen molar-refractivity contribution < 1.29 is 27.5 Å². The second kappa shape index (κ2) is 12.6. The van der Waals surface area contributed by atoms with Gasteiger partial charge in [0.1, 0.15) is 17.5 Å². The molecule has 0 radical (unpaired) electrons. The zero-order valence-electron chi connectivity index (χ0n) is 25.0. The molecule has 1 saturated heterocycles. The third-order valence-corrected chi connectivity index (χ3v) is 11.0. The van der Waals surface area contributed by atoms with Crippen molar-refractivity contribution in [3.05, 3.63) is 109 Å². The number of para-hydroxylation sites is 1. The van der Waals surface area contributed by atoms with Crippen LogP contribution in [-0.2, 0) is 26.2 Å². The largest absolute Gasteiger partial charge is 0.455 e. The summed E-state index contributed by atoms with van der Waals surface area (Å²) in [6.07, 6.45) is 4.15. The van der Waals surface area contributed by atoms with E-state index in [1.807, 2.05) is 30.3 Å². The first-order valence-electron chi connectivity index (χ1n) is 15.0. The minimum Gasteiger partial charge on any atom is -0.455 e. The summed E-state index contributed by atoms with van der Waals surface area (Å²) in [4.78, 5) is 47.1. The van der Waals surface area contributed by atoms with Crippen molar-refractivity contribution in [2.24, 2.45) is 0 Å². The van der Waals surface area contributed by atoms with E-state index in [0.717, 1.165) is 9.79 Å². The Morgan fingerprint density at radius 2 is 1.70 bits per heavy atom. The van der Waals surface area contributed by atoms with Gasteiger partial charge in [-0.15, -0.1) is 0 Å². The lowest BCUT2D eigenvalue weighted by Gasteiger charge is -2.24. The first-order chi connectivity index (χ1) is 22.8. The Balaban J connectivity index is 1.00. The predicted octanol–water partition coefficient (Wildman–Crippen LogP) is 4.57. The molecule has 2 aliphatic heterocycles. The molecule has 2 N–H and O–H groups in total. The Morgan fingerprint density at radius 3 is 2.55 bits per heavy atom. The van der Waals surface area contributed by atoms with Crippen LogP contribution in [0.3, 0.4) is 0 Å². The fourth-order valence-corrected chi connectivity index (χ4v) is 8.35. The Bertz CT molecular complexity index is 2130. The highest BCUT2D eigenvalue weighted by atomic mass is 32.2. The molecule has 0 bridgehead atoms. The molecule has 0 unspecified atom stereocenters. The molecule has 11 nitrogen and oxygen atoms in total. The average molecular weight is 668 g/mol. The van der Waals surface area contributed by atoms with E-state index in [1.165, 1.54) is 27.2 Å². The summed E-state index contributed by atoms with van der Waals surface area (Å²) in [7, 11) is -3.98. The van der Waals surface area contributed by atoms with E-state index in [-0.39, 0.29) is 23.9 Å². The summed E-state index contributed by atoms with van der Waals surface area (Å²) < 4.78 is 34.5. The fraction of sp³-hybridized carbons (Fsp3) is 0.176. The van der Waals surface area contributed by atoms with E-state index >= 15 is 0 Å². The van der Waals surface area contributed by atoms with Crippen LogP contribution in [0.2, 0.25) is 0 Å². The number of fused-ring (bicyclic) bond motifs is 3. The van der Waals surface area contributed by atoms with Crippen LogP contribution < -0.4 is 15.4 Å². The number of nitrogens with zero attached hydrogens (tertiary/aromatic N) is 3. The van der Waals surface area contributed by atoms with E-state index in [0.29, 0.717) is 53.0 Å². The number of carbonyl (C=O) groups excluding carboxylic acids is 3. The van der Waals surface area contributed by atoms with Gasteiger partial charge in [-0.2, -0.15) is 0 Å². The maximum atomic E-state index is 13.7. The van der Waals surface area contributed by atoms with Gasteiger partial charge in [0.25, 0.3) is 15.9 Å². The van der Waals surface area contributed by atoms with Crippen molar-refractivity contribution in [2.45, 2.75) is 40.1 Å². The van der Waals surface area contributed by atoms with Gasteiger partial charge in [0.15, 0.2) is 0 Å². The number of hydrogen-bond acceptors (Lipinski definition) is 8. The molecular weight excluding hydrogens is 639 g/mol. The van der Waals surface area contributed by atoms with E-state index in [1.54, 1.807) is 60.4 Å². The Labute approximate surface area is 275 Å². The van der Waals surface area contributed by atoms with E-state index in [4.69, 9.17) is 4.74 Å². The molecule has 2 aliphatic rings. The quantitative estimate of drug-likeness (QED) is 0.241. The van der Waals surface area contributed by atoms with Crippen LogP contribution in [-0.4, -0.2) is 59.1 Å². The zero-order valence-corrected chi connectivity index (χ0v) is 26.6. The third-order valence-electron chi connectivity index (χ3n) is 8.13. The maximum Gasteiger partial charge on any atom is 0.268 e. The molecule has 3 aromatic carbocycles. The highest BCUT2D eigenvalue weighted by Crippen LogP contribution is 2.46. The molecule has 0 saturated carbocycles. The van der Waals surface area contributed by atoms with Crippen LogP contribution in [0.5, 0.6) is 11.5 Å². The number of hydrogen-bond donors (Lipinski definition) is 2. The number of amides is 3. The Hall–Kier alpha value is -5.14. The van der Waals surface area contributed by atoms with Crippen molar-refractivity contribution in [1.29, 1.82) is 0 Å². The molecule has 2 aromatic heterocycles. The van der Waals surface area contributed by atoms with Gasteiger partial charge < -0.3 is 20.3 Å². The molecule has 7 rings (SSSR count). The van der Waals surface area contributed by atoms with E-state index in [2.05, 4.69) is 15.6 Å². The summed E-state index contributed by atoms with van der Waals surface area (Å²) in [5.41, 5.74) is 1.14. The Kier molecular flexibility index (Phi) is 8.16. The number of ether oxygens (including phenoxy) is 1. The van der Waals surface area contributed by atoms with Gasteiger partial charge in [0, 0.05) is 29.9 Å². The van der Waals surface area contributed by atoms with Gasteiger partial charge in [0.05, 0.1) is 39.0 Å². The highest BCUT2D eigenvalue weighted by Gasteiger charge is 2.34. The van der Waals surface area contributed by atoms with Gasteiger partial charge in [-0.1, -0.05) is 42.1 Å². The number of rotatable bonds is 8. The lowest BCUT2D eigenvalue weighted by atomic mass is 10.2.